The van der Waals surface area contributed by atoms with Crippen molar-refractivity contribution < 1.29 is 0 Å². The van der Waals surface area contributed by atoms with Gasteiger partial charge in [-0.05, 0) is 121 Å². The average Bonchev–Trinajstić information content (AvgIpc) is 3.93. The second-order valence-corrected chi connectivity index (χ2v) is 45.5. The van der Waals surface area contributed by atoms with E-state index < -0.39 is 32.3 Å². The van der Waals surface area contributed by atoms with Crippen molar-refractivity contribution in [3.05, 3.63) is 187 Å². The molecular weight excluding hydrogens is 969 g/mol. The lowest BCUT2D eigenvalue weighted by Crippen LogP contribution is -2.76. The fourth-order valence-corrected chi connectivity index (χ4v) is 29.3. The molecular formula is C69H76N2Si4. The van der Waals surface area contributed by atoms with Crippen molar-refractivity contribution in [1.29, 1.82) is 0 Å². The molecule has 3 aliphatic heterocycles. The maximum Gasteiger partial charge on any atom is 0.179 e. The topological polar surface area (TPSA) is 9.86 Å². The number of rotatable bonds is 6. The lowest BCUT2D eigenvalue weighted by molar-refractivity contribution is 0.499. The van der Waals surface area contributed by atoms with Gasteiger partial charge in [-0.15, -0.1) is 0 Å². The van der Waals surface area contributed by atoms with Gasteiger partial charge in [0.1, 0.15) is 0 Å². The Morgan fingerprint density at radius 2 is 0.680 bits per heavy atom. The Kier molecular flexibility index (Phi) is 10.8. The van der Waals surface area contributed by atoms with Crippen molar-refractivity contribution in [2.45, 2.75) is 134 Å². The van der Waals surface area contributed by atoms with Crippen molar-refractivity contribution in [2.75, 3.05) is 0 Å². The van der Waals surface area contributed by atoms with E-state index in [1.807, 2.05) is 0 Å². The number of hydrogen-bond donors (Lipinski definition) is 0. The molecule has 75 heavy (non-hydrogen) atoms. The van der Waals surface area contributed by atoms with Gasteiger partial charge in [-0.3, -0.25) is 0 Å². The van der Waals surface area contributed by atoms with Gasteiger partial charge in [0.05, 0.1) is 46.3 Å². The molecule has 10 aromatic rings. The second-order valence-electron chi connectivity index (χ2n) is 27.3. The number of benzene rings is 8. The molecule has 8 aromatic carbocycles. The Bertz CT molecular complexity index is 3740. The van der Waals surface area contributed by atoms with Crippen molar-refractivity contribution in [2.24, 2.45) is 0 Å². The molecule has 378 valence electrons. The first kappa shape index (κ1) is 48.8. The monoisotopic (exact) mass is 1040 g/mol. The molecule has 0 N–H and O–H groups in total. The summed E-state index contributed by atoms with van der Waals surface area (Å²) < 4.78 is 5.05. The first-order valence-corrected chi connectivity index (χ1v) is 39.8. The summed E-state index contributed by atoms with van der Waals surface area (Å²) in [6, 6.07) is 72.5. The molecule has 0 saturated heterocycles. The summed E-state index contributed by atoms with van der Waals surface area (Å²) in [5.41, 5.74) is 12.5. The average molecular weight is 1050 g/mol. The predicted molar refractivity (Wildman–Crippen MR) is 337 cm³/mol. The zero-order chi connectivity index (χ0) is 52.2. The Morgan fingerprint density at radius 1 is 0.333 bits per heavy atom. The zero-order valence-electron chi connectivity index (χ0n) is 46.8. The molecule has 6 heteroatoms. The summed E-state index contributed by atoms with van der Waals surface area (Å²) in [5, 5.41) is 16.2. The van der Waals surface area contributed by atoms with Gasteiger partial charge < -0.3 is 9.13 Å². The largest absolute Gasteiger partial charge is 0.309 e. The van der Waals surface area contributed by atoms with Gasteiger partial charge in [0.25, 0.3) is 0 Å². The predicted octanol–water partition coefficient (Wildman–Crippen LogP) is 14.0. The molecule has 0 aliphatic carbocycles. The highest BCUT2D eigenvalue weighted by atomic mass is 28.3. The molecule has 0 atom stereocenters. The first-order valence-electron chi connectivity index (χ1n) is 28.2. The number of fused-ring (bicyclic) bond motifs is 9. The van der Waals surface area contributed by atoms with Crippen molar-refractivity contribution in [1.82, 2.24) is 9.13 Å². The normalized spacial score (nSPS) is 19.0. The Hall–Kier alpha value is -5.77. The maximum atomic E-state index is 2.80. The smallest absolute Gasteiger partial charge is 0.179 e. The van der Waals surface area contributed by atoms with E-state index in [9.17, 15) is 0 Å². The third-order valence-corrected chi connectivity index (χ3v) is 34.8. The minimum Gasteiger partial charge on any atom is -0.309 e. The second kappa shape index (κ2) is 16.6. The molecule has 0 unspecified atom stereocenters. The van der Waals surface area contributed by atoms with E-state index in [0.29, 0.717) is 0 Å². The first-order chi connectivity index (χ1) is 35.6. The fourth-order valence-electron chi connectivity index (χ4n) is 14.9. The quantitative estimate of drug-likeness (QED) is 0.116. The van der Waals surface area contributed by atoms with E-state index in [1.54, 1.807) is 32.3 Å². The maximum absolute atomic E-state index is 3.15. The molecule has 0 radical (unpaired) electrons. The van der Waals surface area contributed by atoms with Gasteiger partial charge in [0.15, 0.2) is 8.07 Å². The van der Waals surface area contributed by atoms with Crippen LogP contribution < -0.4 is 36.3 Å². The minimum atomic E-state index is -3.15. The van der Waals surface area contributed by atoms with Crippen molar-refractivity contribution >= 4 is 112 Å². The van der Waals surface area contributed by atoms with Crippen molar-refractivity contribution in [3.8, 4) is 11.4 Å². The molecule has 0 bridgehead atoms. The molecule has 2 nitrogen and oxygen atoms in total. The summed E-state index contributed by atoms with van der Waals surface area (Å²) in [7, 11) is -8.12. The SMILES string of the molecule is CC1(C)CC[Si](C)(C)c2ccc([Si](c3cccc(-n4c5ccccc5c5cc(-n6c7ccccc7c7ccccc76)ccc54)c3)(c3ccc4c(c3)C(C)(C)CC[Si]4(C)C)c3ccc4c(c3)C(C)(C)CC[Si]4(C)C)cc21. The van der Waals surface area contributed by atoms with Gasteiger partial charge >= 0.3 is 0 Å². The van der Waals surface area contributed by atoms with Crippen LogP contribution in [-0.4, -0.2) is 41.4 Å². The molecule has 0 spiro atoms. The van der Waals surface area contributed by atoms with E-state index in [4.69, 9.17) is 0 Å². The van der Waals surface area contributed by atoms with Crippen LogP contribution in [0.4, 0.5) is 0 Å². The Labute approximate surface area is 450 Å². The molecule has 0 fully saturated rings. The summed E-state index contributed by atoms with van der Waals surface area (Å²) in [6.45, 7) is 31.0. The molecule has 0 amide bonds. The third-order valence-electron chi connectivity index (χ3n) is 19.9. The fraction of sp³-hybridized carbons (Fsp3) is 0.304. The van der Waals surface area contributed by atoms with Crippen LogP contribution in [0.2, 0.25) is 57.4 Å². The molecule has 5 heterocycles. The van der Waals surface area contributed by atoms with Gasteiger partial charge in [-0.1, -0.05) is 236 Å². The van der Waals surface area contributed by atoms with Crippen LogP contribution in [0, 0.1) is 0 Å². The standard InChI is InChI=1S/C69H76N2Si4/c1-67(2)36-39-72(7,8)64-33-29-50(44-57(64)67)75(51-30-34-65-58(45-51)68(3,4)37-40-73(65,9)10,52-31-35-66-59(46-52)69(5,6)38-41-74(66,11)12)49-21-19-20-47(42-49)70-62-27-18-15-24-55(62)56-43-48(28-32-63(56)70)71-60-25-16-13-22-53(60)54-23-14-17-26-61(54)71/h13-35,42-46H,36-41H2,1-12H3. The Balaban J connectivity index is 1.12. The van der Waals surface area contributed by atoms with Gasteiger partial charge in [0, 0.05) is 32.9 Å². The van der Waals surface area contributed by atoms with E-state index >= 15 is 0 Å². The Morgan fingerprint density at radius 3 is 1.09 bits per heavy atom. The highest BCUT2D eigenvalue weighted by molar-refractivity contribution is 7.20. The molecule has 3 aliphatic rings. The zero-order valence-corrected chi connectivity index (χ0v) is 50.8. The lowest BCUT2D eigenvalue weighted by Gasteiger charge is -2.45. The highest BCUT2D eigenvalue weighted by Gasteiger charge is 2.48. The van der Waals surface area contributed by atoms with Crippen LogP contribution in [0.25, 0.3) is 55.0 Å². The van der Waals surface area contributed by atoms with Crippen LogP contribution >= 0.6 is 0 Å². The van der Waals surface area contributed by atoms with Crippen LogP contribution in [0.3, 0.4) is 0 Å². The third kappa shape index (κ3) is 7.32. The summed E-state index contributed by atoms with van der Waals surface area (Å²) in [5.74, 6) is 0. The van der Waals surface area contributed by atoms with Crippen LogP contribution in [0.15, 0.2) is 170 Å². The van der Waals surface area contributed by atoms with E-state index in [2.05, 4.69) is 260 Å². The van der Waals surface area contributed by atoms with Gasteiger partial charge in [0.2, 0.25) is 0 Å². The van der Waals surface area contributed by atoms with E-state index in [0.717, 1.165) is 0 Å². The lowest BCUT2D eigenvalue weighted by atomic mass is 9.81. The van der Waals surface area contributed by atoms with E-state index in [-0.39, 0.29) is 16.2 Å². The van der Waals surface area contributed by atoms with Crippen LogP contribution in [-0.2, 0) is 16.2 Å². The number of hydrogen-bond acceptors (Lipinski definition) is 0. The molecule has 0 saturated carbocycles. The molecule has 2 aromatic heterocycles. The molecule has 13 rings (SSSR count). The number of nitrogens with zero attached hydrogens (tertiary/aromatic N) is 2. The number of para-hydroxylation sites is 3. The van der Waals surface area contributed by atoms with Crippen LogP contribution in [0.5, 0.6) is 0 Å². The minimum absolute atomic E-state index is 0.0951. The highest BCUT2D eigenvalue weighted by Crippen LogP contribution is 2.41. The summed E-state index contributed by atoms with van der Waals surface area (Å²) in [6.07, 6.45) is 3.75. The van der Waals surface area contributed by atoms with Gasteiger partial charge in [-0.25, -0.2) is 0 Å². The van der Waals surface area contributed by atoms with Crippen molar-refractivity contribution in [3.63, 3.8) is 0 Å². The summed E-state index contributed by atoms with van der Waals surface area (Å²) >= 11 is 0. The van der Waals surface area contributed by atoms with Gasteiger partial charge in [-0.2, -0.15) is 0 Å². The number of aromatic nitrogens is 2. The van der Waals surface area contributed by atoms with Crippen LogP contribution in [0.1, 0.15) is 77.5 Å². The van der Waals surface area contributed by atoms with E-state index in [1.165, 1.54) is 113 Å². The summed E-state index contributed by atoms with van der Waals surface area (Å²) in [4.78, 5) is 0.